The van der Waals surface area contributed by atoms with Gasteiger partial charge in [-0.25, -0.2) is 8.42 Å². The van der Waals surface area contributed by atoms with E-state index in [0.29, 0.717) is 0 Å². The van der Waals surface area contributed by atoms with E-state index in [4.69, 9.17) is 0 Å². The van der Waals surface area contributed by atoms with E-state index in [1.807, 2.05) is 0 Å². The molecule has 0 radical (unpaired) electrons. The van der Waals surface area contributed by atoms with Crippen molar-refractivity contribution in [3.8, 4) is 5.75 Å². The Hall–Kier alpha value is -2.39. The minimum Gasteiger partial charge on any atom is -0.507 e. The maximum atomic E-state index is 12.7. The Bertz CT molecular complexity index is 814. The molecule has 1 N–H and O–H groups in total. The van der Waals surface area contributed by atoms with Crippen LogP contribution < -0.4 is 0 Å². The Morgan fingerprint density at radius 3 is 2.46 bits per heavy atom. The molecular weight excluding hydrogens is 358 g/mol. The normalized spacial score (nSPS) is 15.5. The van der Waals surface area contributed by atoms with Gasteiger partial charge in [0.1, 0.15) is 10.6 Å². The molecule has 9 heteroatoms. The second-order valence-electron chi connectivity index (χ2n) is 6.15. The molecule has 1 aliphatic heterocycles. The molecule has 0 aliphatic carbocycles. The van der Waals surface area contributed by atoms with Gasteiger partial charge < -0.3 is 14.9 Å². The second-order valence-corrected chi connectivity index (χ2v) is 8.06. The number of sulfonamides is 1. The molecule has 26 heavy (non-hydrogen) atoms. The molecule has 2 amide bonds. The lowest BCUT2D eigenvalue weighted by Gasteiger charge is -2.34. The molecule has 142 valence electrons. The van der Waals surface area contributed by atoms with Crippen molar-refractivity contribution in [1.29, 1.82) is 0 Å². The fourth-order valence-electron chi connectivity index (χ4n) is 2.68. The Morgan fingerprint density at radius 2 is 1.88 bits per heavy atom. The van der Waals surface area contributed by atoms with E-state index in [-0.39, 0.29) is 55.2 Å². The van der Waals surface area contributed by atoms with Gasteiger partial charge in [0.05, 0.1) is 6.54 Å². The van der Waals surface area contributed by atoms with E-state index < -0.39 is 10.0 Å². The number of phenols is 1. The molecule has 0 unspecified atom stereocenters. The second kappa shape index (κ2) is 7.88. The summed E-state index contributed by atoms with van der Waals surface area (Å²) >= 11 is 0. The van der Waals surface area contributed by atoms with Crippen LogP contribution in [0.3, 0.4) is 0 Å². The molecule has 8 nitrogen and oxygen atoms in total. The Kier molecular flexibility index (Phi) is 6.04. The summed E-state index contributed by atoms with van der Waals surface area (Å²) < 4.78 is 26.7. The fourth-order valence-corrected chi connectivity index (χ4v) is 4.27. The predicted octanol–water partition coefficient (Wildman–Crippen LogP) is 0.178. The average molecular weight is 381 g/mol. The van der Waals surface area contributed by atoms with Gasteiger partial charge in [-0.3, -0.25) is 9.59 Å². The molecular formula is C17H23N3O5S. The molecule has 0 aromatic heterocycles. The number of hydrogen-bond acceptors (Lipinski definition) is 5. The molecule has 1 aromatic rings. The molecule has 0 spiro atoms. The summed E-state index contributed by atoms with van der Waals surface area (Å²) in [6, 6.07) is 4.42. The highest BCUT2D eigenvalue weighted by atomic mass is 32.2. The van der Waals surface area contributed by atoms with Crippen LogP contribution in [0.15, 0.2) is 35.7 Å². The summed E-state index contributed by atoms with van der Waals surface area (Å²) in [6.45, 7) is 5.73. The number of piperazine rings is 1. The number of amides is 2. The van der Waals surface area contributed by atoms with Crippen LogP contribution in [0.4, 0.5) is 0 Å². The van der Waals surface area contributed by atoms with Crippen molar-refractivity contribution in [3.05, 3.63) is 36.4 Å². The summed E-state index contributed by atoms with van der Waals surface area (Å²) in [7, 11) is -2.33. The quantitative estimate of drug-likeness (QED) is 0.734. The molecule has 1 fully saturated rings. The van der Waals surface area contributed by atoms with Gasteiger partial charge in [0, 0.05) is 33.2 Å². The van der Waals surface area contributed by atoms with Crippen LogP contribution in [-0.2, 0) is 19.6 Å². The summed E-state index contributed by atoms with van der Waals surface area (Å²) in [5.74, 6) is -0.897. The minimum atomic E-state index is -3.84. The van der Waals surface area contributed by atoms with Crippen LogP contribution in [-0.4, -0.2) is 79.2 Å². The highest BCUT2D eigenvalue weighted by Gasteiger charge is 2.32. The Morgan fingerprint density at radius 1 is 1.27 bits per heavy atom. The molecule has 1 aliphatic rings. The number of rotatable bonds is 5. The zero-order valence-corrected chi connectivity index (χ0v) is 15.7. The van der Waals surface area contributed by atoms with Gasteiger partial charge >= 0.3 is 0 Å². The van der Waals surface area contributed by atoms with E-state index >= 15 is 0 Å². The van der Waals surface area contributed by atoms with Crippen LogP contribution in [0.2, 0.25) is 0 Å². The van der Waals surface area contributed by atoms with E-state index in [1.54, 1.807) is 13.0 Å². The predicted molar refractivity (Wildman–Crippen MR) is 96.0 cm³/mol. The monoisotopic (exact) mass is 381 g/mol. The summed E-state index contributed by atoms with van der Waals surface area (Å²) in [4.78, 5) is 26.3. The summed E-state index contributed by atoms with van der Waals surface area (Å²) in [6.07, 6.45) is 1.13. The number of carbonyl (C=O) groups excluding carboxylic acids is 2. The highest BCUT2D eigenvalue weighted by Crippen LogP contribution is 2.27. The molecule has 0 bridgehead atoms. The molecule has 1 saturated heterocycles. The van der Waals surface area contributed by atoms with Crippen LogP contribution in [0, 0.1) is 6.92 Å². The molecule has 1 heterocycles. The van der Waals surface area contributed by atoms with Crippen molar-refractivity contribution in [1.82, 2.24) is 14.1 Å². The summed E-state index contributed by atoms with van der Waals surface area (Å²) in [5, 5.41) is 9.90. The molecule has 2 rings (SSSR count). The molecule has 0 saturated carbocycles. The lowest BCUT2D eigenvalue weighted by atomic mass is 10.2. The first-order chi connectivity index (χ1) is 12.2. The van der Waals surface area contributed by atoms with E-state index in [9.17, 15) is 23.1 Å². The lowest BCUT2D eigenvalue weighted by Crippen LogP contribution is -2.52. The SMILES string of the molecule is C=CC(=O)N(C)CC(=O)N1CCN(S(=O)(=O)c2cc(C)ccc2O)CC1. The van der Waals surface area contributed by atoms with Gasteiger partial charge in [0.2, 0.25) is 21.8 Å². The lowest BCUT2D eigenvalue weighted by molar-refractivity contribution is -0.138. The first kappa shape index (κ1) is 19.9. The van der Waals surface area contributed by atoms with Crippen molar-refractivity contribution in [3.63, 3.8) is 0 Å². The van der Waals surface area contributed by atoms with Gasteiger partial charge in [-0.15, -0.1) is 0 Å². The summed E-state index contributed by atoms with van der Waals surface area (Å²) in [5.41, 5.74) is 0.727. The topological polar surface area (TPSA) is 98.2 Å². The first-order valence-electron chi connectivity index (χ1n) is 8.12. The van der Waals surface area contributed by atoms with Crippen LogP contribution in [0.1, 0.15) is 5.56 Å². The maximum absolute atomic E-state index is 12.7. The highest BCUT2D eigenvalue weighted by molar-refractivity contribution is 7.89. The van der Waals surface area contributed by atoms with Crippen molar-refractivity contribution >= 4 is 21.8 Å². The third-order valence-electron chi connectivity index (χ3n) is 4.25. The van der Waals surface area contributed by atoms with Crippen molar-refractivity contribution in [2.24, 2.45) is 0 Å². The minimum absolute atomic E-state index is 0.0870. The number of aromatic hydroxyl groups is 1. The van der Waals surface area contributed by atoms with Crippen molar-refractivity contribution in [2.75, 3.05) is 39.8 Å². The van der Waals surface area contributed by atoms with Gasteiger partial charge in [-0.05, 0) is 30.7 Å². The number of hydrogen-bond donors (Lipinski definition) is 1. The number of nitrogens with zero attached hydrogens (tertiary/aromatic N) is 3. The Balaban J connectivity index is 2.03. The number of carbonyl (C=O) groups is 2. The first-order valence-corrected chi connectivity index (χ1v) is 9.56. The van der Waals surface area contributed by atoms with Crippen molar-refractivity contribution < 1.29 is 23.1 Å². The van der Waals surface area contributed by atoms with Crippen LogP contribution in [0.25, 0.3) is 0 Å². The van der Waals surface area contributed by atoms with Gasteiger partial charge in [-0.1, -0.05) is 12.6 Å². The van der Waals surface area contributed by atoms with Gasteiger partial charge in [0.15, 0.2) is 0 Å². The molecule has 1 aromatic carbocycles. The number of phenolic OH excluding ortho intramolecular Hbond substituents is 1. The Labute approximate surface area is 153 Å². The smallest absolute Gasteiger partial charge is 0.246 e. The fraction of sp³-hybridized carbons (Fsp3) is 0.412. The average Bonchev–Trinajstić information content (AvgIpc) is 2.62. The number of benzene rings is 1. The zero-order chi connectivity index (χ0) is 19.5. The van der Waals surface area contributed by atoms with Gasteiger partial charge in [0.25, 0.3) is 0 Å². The third kappa shape index (κ3) is 4.23. The van der Waals surface area contributed by atoms with Crippen LogP contribution >= 0.6 is 0 Å². The largest absolute Gasteiger partial charge is 0.507 e. The van der Waals surface area contributed by atoms with E-state index in [2.05, 4.69) is 6.58 Å². The van der Waals surface area contributed by atoms with Crippen LogP contribution in [0.5, 0.6) is 5.75 Å². The number of likely N-dealkylation sites (N-methyl/N-ethyl adjacent to an activating group) is 1. The van der Waals surface area contributed by atoms with Crippen molar-refractivity contribution in [2.45, 2.75) is 11.8 Å². The van der Waals surface area contributed by atoms with E-state index in [0.717, 1.165) is 11.6 Å². The van der Waals surface area contributed by atoms with E-state index in [1.165, 1.54) is 33.3 Å². The third-order valence-corrected chi connectivity index (χ3v) is 6.18. The number of aryl methyl sites for hydroxylation is 1. The zero-order valence-electron chi connectivity index (χ0n) is 14.9. The van der Waals surface area contributed by atoms with Gasteiger partial charge in [-0.2, -0.15) is 4.31 Å². The standard InChI is InChI=1S/C17H23N3O5S/c1-4-16(22)18(3)12-17(23)19-7-9-20(10-8-19)26(24,25)15-11-13(2)5-6-14(15)21/h4-6,11,21H,1,7-10,12H2,2-3H3. The molecule has 0 atom stereocenters. The maximum Gasteiger partial charge on any atom is 0.246 e.